The second-order valence-corrected chi connectivity index (χ2v) is 6.19. The highest BCUT2D eigenvalue weighted by Crippen LogP contribution is 2.27. The molecule has 0 fully saturated rings. The van der Waals surface area contributed by atoms with E-state index in [0.29, 0.717) is 33.7 Å². The van der Waals surface area contributed by atoms with Gasteiger partial charge in [0, 0.05) is 5.02 Å². The molecule has 0 saturated heterocycles. The fraction of sp³-hybridized carbons (Fsp3) is 0.0500. The number of carbonyl (C=O) groups excluding carboxylic acids is 1. The lowest BCUT2D eigenvalue weighted by Crippen LogP contribution is -2.14. The number of carbonyl (C=O) groups is 1. The molecule has 0 unspecified atom stereocenters. The van der Waals surface area contributed by atoms with E-state index in [0.717, 1.165) is 5.56 Å². The molecule has 3 aromatic carbocycles. The van der Waals surface area contributed by atoms with Gasteiger partial charge in [-0.2, -0.15) is 0 Å². The number of nitrogens with one attached hydrogen (secondary N) is 1. The number of hydrogen-bond acceptors (Lipinski definition) is 2. The van der Waals surface area contributed by atoms with E-state index in [9.17, 15) is 4.79 Å². The predicted octanol–water partition coefficient (Wildman–Crippen LogP) is 5.82. The lowest BCUT2D eigenvalue weighted by atomic mass is 10.1. The minimum Gasteiger partial charge on any atom is -0.488 e. The van der Waals surface area contributed by atoms with Crippen molar-refractivity contribution in [1.29, 1.82) is 0 Å². The maximum absolute atomic E-state index is 12.6. The minimum absolute atomic E-state index is 0.312. The van der Waals surface area contributed by atoms with Crippen molar-refractivity contribution >= 4 is 34.8 Å². The SMILES string of the molecule is O=C(Nc1cc(Cl)ccc1Cl)c1ccccc1OCc1ccccc1. The number of hydrogen-bond donors (Lipinski definition) is 1. The molecule has 3 aromatic rings. The molecule has 0 radical (unpaired) electrons. The Labute approximate surface area is 156 Å². The second kappa shape index (κ2) is 8.06. The van der Waals surface area contributed by atoms with Crippen molar-refractivity contribution < 1.29 is 9.53 Å². The molecule has 5 heteroatoms. The van der Waals surface area contributed by atoms with E-state index in [1.165, 1.54) is 0 Å². The fourth-order valence-electron chi connectivity index (χ4n) is 2.30. The normalized spacial score (nSPS) is 10.3. The number of rotatable bonds is 5. The average Bonchev–Trinajstić information content (AvgIpc) is 2.64. The molecule has 0 bridgehead atoms. The molecule has 3 rings (SSSR count). The second-order valence-electron chi connectivity index (χ2n) is 5.35. The van der Waals surface area contributed by atoms with Gasteiger partial charge in [-0.1, -0.05) is 65.7 Å². The summed E-state index contributed by atoms with van der Waals surface area (Å²) in [6, 6.07) is 21.7. The predicted molar refractivity (Wildman–Crippen MR) is 102 cm³/mol. The van der Waals surface area contributed by atoms with Gasteiger partial charge >= 0.3 is 0 Å². The zero-order chi connectivity index (χ0) is 17.6. The zero-order valence-corrected chi connectivity index (χ0v) is 14.7. The molecule has 25 heavy (non-hydrogen) atoms. The first kappa shape index (κ1) is 17.3. The number of benzene rings is 3. The van der Waals surface area contributed by atoms with Crippen LogP contribution in [0.2, 0.25) is 10.0 Å². The monoisotopic (exact) mass is 371 g/mol. The van der Waals surface area contributed by atoms with Crippen molar-refractivity contribution in [2.45, 2.75) is 6.61 Å². The first-order chi connectivity index (χ1) is 12.1. The molecule has 0 atom stereocenters. The van der Waals surface area contributed by atoms with Gasteiger partial charge in [0.2, 0.25) is 0 Å². The molecule has 0 aliphatic carbocycles. The van der Waals surface area contributed by atoms with Gasteiger partial charge in [0.05, 0.1) is 16.3 Å². The highest BCUT2D eigenvalue weighted by molar-refractivity contribution is 6.35. The van der Waals surface area contributed by atoms with Crippen molar-refractivity contribution in [1.82, 2.24) is 0 Å². The maximum Gasteiger partial charge on any atom is 0.259 e. The summed E-state index contributed by atoms with van der Waals surface area (Å²) in [6.07, 6.45) is 0. The quantitative estimate of drug-likeness (QED) is 0.612. The Kier molecular flexibility index (Phi) is 5.59. The fourth-order valence-corrected chi connectivity index (χ4v) is 2.64. The molecule has 0 heterocycles. The summed E-state index contributed by atoms with van der Waals surface area (Å²) in [4.78, 5) is 12.6. The number of halogens is 2. The van der Waals surface area contributed by atoms with Gasteiger partial charge in [0.1, 0.15) is 12.4 Å². The lowest BCUT2D eigenvalue weighted by Gasteiger charge is -2.12. The maximum atomic E-state index is 12.6. The summed E-state index contributed by atoms with van der Waals surface area (Å²) in [5.41, 5.74) is 1.90. The molecule has 0 aromatic heterocycles. The third kappa shape index (κ3) is 4.53. The Morgan fingerprint density at radius 2 is 1.64 bits per heavy atom. The van der Waals surface area contributed by atoms with E-state index in [1.807, 2.05) is 36.4 Å². The van der Waals surface area contributed by atoms with Crippen molar-refractivity contribution in [3.63, 3.8) is 0 Å². The highest BCUT2D eigenvalue weighted by Gasteiger charge is 2.14. The first-order valence-corrected chi connectivity index (χ1v) is 8.41. The van der Waals surface area contributed by atoms with Gasteiger partial charge < -0.3 is 10.1 Å². The smallest absolute Gasteiger partial charge is 0.259 e. The van der Waals surface area contributed by atoms with E-state index in [1.54, 1.807) is 36.4 Å². The van der Waals surface area contributed by atoms with Crippen LogP contribution in [0.5, 0.6) is 5.75 Å². The van der Waals surface area contributed by atoms with E-state index in [2.05, 4.69) is 5.32 Å². The topological polar surface area (TPSA) is 38.3 Å². The molecule has 1 amide bonds. The molecule has 0 spiro atoms. The molecule has 126 valence electrons. The number of amides is 1. The van der Waals surface area contributed by atoms with Crippen LogP contribution >= 0.6 is 23.2 Å². The Balaban J connectivity index is 1.77. The van der Waals surface area contributed by atoms with Crippen LogP contribution < -0.4 is 10.1 Å². The molecule has 0 aliphatic heterocycles. The van der Waals surface area contributed by atoms with Crippen molar-refractivity contribution in [3.05, 3.63) is 94.0 Å². The largest absolute Gasteiger partial charge is 0.488 e. The Hall–Kier alpha value is -2.49. The summed E-state index contributed by atoms with van der Waals surface area (Å²) in [5.74, 6) is 0.190. The lowest BCUT2D eigenvalue weighted by molar-refractivity contribution is 0.102. The van der Waals surface area contributed by atoms with Crippen molar-refractivity contribution in [3.8, 4) is 5.75 Å². The summed E-state index contributed by atoms with van der Waals surface area (Å²) >= 11 is 12.1. The Morgan fingerprint density at radius 3 is 2.44 bits per heavy atom. The molecular formula is C20H15Cl2NO2. The van der Waals surface area contributed by atoms with Crippen LogP contribution in [0, 0.1) is 0 Å². The van der Waals surface area contributed by atoms with Crippen LogP contribution in [0.15, 0.2) is 72.8 Å². The standard InChI is InChI=1S/C20H15Cl2NO2/c21-15-10-11-17(22)18(12-15)23-20(24)16-8-4-5-9-19(16)25-13-14-6-2-1-3-7-14/h1-12H,13H2,(H,23,24). The molecule has 1 N–H and O–H groups in total. The number of anilines is 1. The third-order valence-corrected chi connectivity index (χ3v) is 4.11. The average molecular weight is 372 g/mol. The van der Waals surface area contributed by atoms with Crippen LogP contribution in [-0.2, 0) is 6.61 Å². The van der Waals surface area contributed by atoms with Crippen LogP contribution in [0.25, 0.3) is 0 Å². The summed E-state index contributed by atoms with van der Waals surface area (Å²) in [5, 5.41) is 3.68. The summed E-state index contributed by atoms with van der Waals surface area (Å²) in [6.45, 7) is 0.378. The van der Waals surface area contributed by atoms with Crippen molar-refractivity contribution in [2.24, 2.45) is 0 Å². The molecule has 0 saturated carbocycles. The Bertz CT molecular complexity index is 882. The highest BCUT2D eigenvalue weighted by atomic mass is 35.5. The first-order valence-electron chi connectivity index (χ1n) is 7.65. The Morgan fingerprint density at radius 1 is 0.920 bits per heavy atom. The van der Waals surface area contributed by atoms with E-state index >= 15 is 0 Å². The van der Waals surface area contributed by atoms with E-state index in [4.69, 9.17) is 27.9 Å². The van der Waals surface area contributed by atoms with Gasteiger partial charge in [-0.3, -0.25) is 4.79 Å². The van der Waals surface area contributed by atoms with Gasteiger partial charge in [0.25, 0.3) is 5.91 Å². The summed E-state index contributed by atoms with van der Waals surface area (Å²) < 4.78 is 5.82. The van der Waals surface area contributed by atoms with Gasteiger partial charge in [-0.05, 0) is 35.9 Å². The van der Waals surface area contributed by atoms with Gasteiger partial charge in [0.15, 0.2) is 0 Å². The van der Waals surface area contributed by atoms with E-state index < -0.39 is 0 Å². The summed E-state index contributed by atoms with van der Waals surface area (Å²) in [7, 11) is 0. The van der Waals surface area contributed by atoms with Crippen LogP contribution in [0.3, 0.4) is 0 Å². The van der Waals surface area contributed by atoms with Crippen LogP contribution in [0.4, 0.5) is 5.69 Å². The number of para-hydroxylation sites is 1. The van der Waals surface area contributed by atoms with Gasteiger partial charge in [-0.15, -0.1) is 0 Å². The van der Waals surface area contributed by atoms with E-state index in [-0.39, 0.29) is 5.91 Å². The van der Waals surface area contributed by atoms with Crippen LogP contribution in [-0.4, -0.2) is 5.91 Å². The third-order valence-electron chi connectivity index (χ3n) is 3.55. The van der Waals surface area contributed by atoms with Gasteiger partial charge in [-0.25, -0.2) is 0 Å². The molecular weight excluding hydrogens is 357 g/mol. The zero-order valence-electron chi connectivity index (χ0n) is 13.2. The molecule has 0 aliphatic rings. The molecule has 3 nitrogen and oxygen atoms in total. The minimum atomic E-state index is -0.312. The number of ether oxygens (including phenoxy) is 1. The van der Waals surface area contributed by atoms with Crippen molar-refractivity contribution in [2.75, 3.05) is 5.32 Å². The van der Waals surface area contributed by atoms with Crippen LogP contribution in [0.1, 0.15) is 15.9 Å².